The first-order valence-electron chi connectivity index (χ1n) is 9.54. The van der Waals surface area contributed by atoms with Gasteiger partial charge in [0.1, 0.15) is 5.52 Å². The molecule has 6 nitrogen and oxygen atoms in total. The summed E-state index contributed by atoms with van der Waals surface area (Å²) < 4.78 is 16.3. The number of carbonyl (C=O) groups excluding carboxylic acids is 1. The average molecular weight is 469 g/mol. The van der Waals surface area contributed by atoms with Crippen molar-refractivity contribution in [3.05, 3.63) is 76.3 Å². The van der Waals surface area contributed by atoms with Crippen LogP contribution in [0.5, 0.6) is 11.5 Å². The first kappa shape index (κ1) is 21.7. The minimum Gasteiger partial charge on any atom is -0.493 e. The fraction of sp³-hybridized carbons (Fsp3) is 0.0833. The average Bonchev–Trinajstić information content (AvgIpc) is 3.20. The van der Waals surface area contributed by atoms with Crippen molar-refractivity contribution >= 4 is 52.0 Å². The summed E-state index contributed by atoms with van der Waals surface area (Å²) in [7, 11) is 3.13. The van der Waals surface area contributed by atoms with Gasteiger partial charge in [0, 0.05) is 16.8 Å². The van der Waals surface area contributed by atoms with Crippen LogP contribution < -0.4 is 14.8 Å². The Bertz CT molecular complexity index is 1330. The Morgan fingerprint density at radius 2 is 1.81 bits per heavy atom. The molecule has 1 aromatic heterocycles. The van der Waals surface area contributed by atoms with Gasteiger partial charge in [0.15, 0.2) is 17.1 Å². The van der Waals surface area contributed by atoms with Crippen molar-refractivity contribution in [2.45, 2.75) is 0 Å². The molecule has 0 bridgehead atoms. The van der Waals surface area contributed by atoms with Crippen molar-refractivity contribution in [1.29, 1.82) is 0 Å². The summed E-state index contributed by atoms with van der Waals surface area (Å²) >= 11 is 12.2. The summed E-state index contributed by atoms with van der Waals surface area (Å²) in [5.74, 6) is 1.29. The van der Waals surface area contributed by atoms with E-state index in [0.29, 0.717) is 49.8 Å². The van der Waals surface area contributed by atoms with Crippen LogP contribution in [0, 0.1) is 0 Å². The van der Waals surface area contributed by atoms with Crippen LogP contribution in [0.3, 0.4) is 0 Å². The van der Waals surface area contributed by atoms with E-state index in [9.17, 15) is 4.79 Å². The fourth-order valence-corrected chi connectivity index (χ4v) is 3.58. The predicted octanol–water partition coefficient (Wildman–Crippen LogP) is 6.47. The van der Waals surface area contributed by atoms with Crippen LogP contribution in [-0.4, -0.2) is 25.1 Å². The Balaban J connectivity index is 1.50. The SMILES string of the molecule is COc1ccc(/C=C/C(=O)Nc2ccc3oc(-c4ccc(Cl)cc4Cl)nc3c2)cc1OC. The number of benzene rings is 3. The Labute approximate surface area is 194 Å². The molecule has 0 fully saturated rings. The molecule has 0 radical (unpaired) electrons. The number of hydrogen-bond acceptors (Lipinski definition) is 5. The molecule has 4 aromatic rings. The van der Waals surface area contributed by atoms with Crippen molar-refractivity contribution < 1.29 is 18.7 Å². The van der Waals surface area contributed by atoms with Gasteiger partial charge in [-0.15, -0.1) is 0 Å². The maximum absolute atomic E-state index is 12.4. The molecule has 1 N–H and O–H groups in total. The van der Waals surface area contributed by atoms with Gasteiger partial charge in [-0.2, -0.15) is 0 Å². The molecule has 32 heavy (non-hydrogen) atoms. The number of methoxy groups -OCH3 is 2. The van der Waals surface area contributed by atoms with E-state index in [0.717, 1.165) is 5.56 Å². The summed E-state index contributed by atoms with van der Waals surface area (Å²) in [5.41, 5.74) is 3.18. The lowest BCUT2D eigenvalue weighted by atomic mass is 10.2. The molecular formula is C24H18Cl2N2O4. The van der Waals surface area contributed by atoms with Crippen LogP contribution in [0.4, 0.5) is 5.69 Å². The third-order valence-corrected chi connectivity index (χ3v) is 5.20. The zero-order chi connectivity index (χ0) is 22.7. The summed E-state index contributed by atoms with van der Waals surface area (Å²) in [4.78, 5) is 16.9. The van der Waals surface area contributed by atoms with Crippen molar-refractivity contribution in [2.75, 3.05) is 19.5 Å². The van der Waals surface area contributed by atoms with E-state index in [4.69, 9.17) is 37.1 Å². The molecule has 0 saturated heterocycles. The zero-order valence-electron chi connectivity index (χ0n) is 17.2. The van der Waals surface area contributed by atoms with E-state index in [1.54, 1.807) is 68.8 Å². The number of oxazole rings is 1. The van der Waals surface area contributed by atoms with Gasteiger partial charge in [-0.25, -0.2) is 4.98 Å². The molecule has 3 aromatic carbocycles. The van der Waals surface area contributed by atoms with E-state index >= 15 is 0 Å². The Morgan fingerprint density at radius 3 is 2.56 bits per heavy atom. The molecule has 0 aliphatic heterocycles. The molecule has 0 aliphatic rings. The standard InChI is InChI=1S/C24H18Cl2N2O4/c1-30-21-8-3-14(11-22(21)31-2)4-10-23(29)27-16-6-9-20-19(13-16)28-24(32-20)17-7-5-15(25)12-18(17)26/h3-13H,1-2H3,(H,27,29)/b10-4+. The van der Waals surface area contributed by atoms with Gasteiger partial charge in [-0.1, -0.05) is 29.3 Å². The number of fused-ring (bicyclic) bond motifs is 1. The van der Waals surface area contributed by atoms with Gasteiger partial charge in [-0.05, 0) is 60.2 Å². The van der Waals surface area contributed by atoms with Crippen LogP contribution >= 0.6 is 23.2 Å². The number of aromatic nitrogens is 1. The number of nitrogens with zero attached hydrogens (tertiary/aromatic N) is 1. The number of ether oxygens (including phenoxy) is 2. The molecule has 1 amide bonds. The van der Waals surface area contributed by atoms with Gasteiger partial charge in [0.2, 0.25) is 11.8 Å². The van der Waals surface area contributed by atoms with Gasteiger partial charge >= 0.3 is 0 Å². The Morgan fingerprint density at radius 1 is 1.00 bits per heavy atom. The number of halogens is 2. The van der Waals surface area contributed by atoms with E-state index in [1.807, 2.05) is 6.07 Å². The topological polar surface area (TPSA) is 73.6 Å². The molecule has 1 heterocycles. The number of anilines is 1. The van der Waals surface area contributed by atoms with Gasteiger partial charge in [0.05, 0.1) is 24.8 Å². The van der Waals surface area contributed by atoms with Crippen LogP contribution in [0.2, 0.25) is 10.0 Å². The lowest BCUT2D eigenvalue weighted by Crippen LogP contribution is -2.07. The molecule has 4 rings (SSSR count). The van der Waals surface area contributed by atoms with E-state index in [2.05, 4.69) is 10.3 Å². The second-order valence-corrected chi connectivity index (χ2v) is 7.61. The zero-order valence-corrected chi connectivity index (χ0v) is 18.7. The van der Waals surface area contributed by atoms with Crippen LogP contribution in [0.1, 0.15) is 5.56 Å². The maximum Gasteiger partial charge on any atom is 0.248 e. The Hall–Kier alpha value is -3.48. The first-order valence-corrected chi connectivity index (χ1v) is 10.3. The van der Waals surface area contributed by atoms with Crippen molar-refractivity contribution in [2.24, 2.45) is 0 Å². The minimum absolute atomic E-state index is 0.288. The molecule has 162 valence electrons. The fourth-order valence-electron chi connectivity index (χ4n) is 3.10. The smallest absolute Gasteiger partial charge is 0.248 e. The maximum atomic E-state index is 12.4. The van der Waals surface area contributed by atoms with Crippen LogP contribution in [-0.2, 0) is 4.79 Å². The molecule has 0 spiro atoms. The highest BCUT2D eigenvalue weighted by Gasteiger charge is 2.13. The number of rotatable bonds is 6. The number of amides is 1. The number of carbonyl (C=O) groups is 1. The Kier molecular flexibility index (Phi) is 6.35. The van der Waals surface area contributed by atoms with Crippen LogP contribution in [0.15, 0.2) is 65.1 Å². The summed E-state index contributed by atoms with van der Waals surface area (Å²) in [6, 6.07) is 15.7. The quantitative estimate of drug-likeness (QED) is 0.328. The first-order chi connectivity index (χ1) is 15.5. The van der Waals surface area contributed by atoms with Gasteiger partial charge < -0.3 is 19.2 Å². The molecular weight excluding hydrogens is 451 g/mol. The summed E-state index contributed by atoms with van der Waals surface area (Å²) in [5, 5.41) is 3.79. The lowest BCUT2D eigenvalue weighted by molar-refractivity contribution is -0.111. The predicted molar refractivity (Wildman–Crippen MR) is 127 cm³/mol. The second kappa shape index (κ2) is 9.34. The van der Waals surface area contributed by atoms with E-state index in [1.165, 1.54) is 6.08 Å². The van der Waals surface area contributed by atoms with Crippen molar-refractivity contribution in [3.8, 4) is 23.0 Å². The highest BCUT2D eigenvalue weighted by atomic mass is 35.5. The van der Waals surface area contributed by atoms with Gasteiger partial charge in [-0.3, -0.25) is 4.79 Å². The van der Waals surface area contributed by atoms with Crippen LogP contribution in [0.25, 0.3) is 28.6 Å². The summed E-state index contributed by atoms with van der Waals surface area (Å²) in [6.45, 7) is 0. The third-order valence-electron chi connectivity index (χ3n) is 4.65. The number of nitrogens with one attached hydrogen (secondary N) is 1. The number of hydrogen-bond donors (Lipinski definition) is 1. The largest absolute Gasteiger partial charge is 0.493 e. The molecule has 0 atom stereocenters. The molecule has 0 unspecified atom stereocenters. The van der Waals surface area contributed by atoms with E-state index in [-0.39, 0.29) is 5.91 Å². The highest BCUT2D eigenvalue weighted by Crippen LogP contribution is 2.32. The molecule has 0 saturated carbocycles. The van der Waals surface area contributed by atoms with Gasteiger partial charge in [0.25, 0.3) is 0 Å². The monoisotopic (exact) mass is 468 g/mol. The third kappa shape index (κ3) is 4.72. The minimum atomic E-state index is -0.288. The van der Waals surface area contributed by atoms with E-state index < -0.39 is 0 Å². The molecule has 0 aliphatic carbocycles. The van der Waals surface area contributed by atoms with Crippen molar-refractivity contribution in [3.63, 3.8) is 0 Å². The normalized spacial score (nSPS) is 11.1. The highest BCUT2D eigenvalue weighted by molar-refractivity contribution is 6.36. The second-order valence-electron chi connectivity index (χ2n) is 6.76. The lowest BCUT2D eigenvalue weighted by Gasteiger charge is -2.07. The van der Waals surface area contributed by atoms with Crippen molar-refractivity contribution in [1.82, 2.24) is 4.98 Å². The summed E-state index contributed by atoms with van der Waals surface area (Å²) in [6.07, 6.45) is 3.12. The molecule has 8 heteroatoms.